The highest BCUT2D eigenvalue weighted by Crippen LogP contribution is 2.62. The summed E-state index contributed by atoms with van der Waals surface area (Å²) in [5.41, 5.74) is -1.35. The van der Waals surface area contributed by atoms with Crippen molar-refractivity contribution in [2.45, 2.75) is 52.2 Å². The highest BCUT2D eigenvalue weighted by Gasteiger charge is 2.64. The van der Waals surface area contributed by atoms with Crippen molar-refractivity contribution in [3.05, 3.63) is 89.9 Å². The second-order valence-corrected chi connectivity index (χ2v) is 12.3. The van der Waals surface area contributed by atoms with Gasteiger partial charge in [-0.2, -0.15) is 0 Å². The summed E-state index contributed by atoms with van der Waals surface area (Å²) in [5, 5.41) is 11.5. The van der Waals surface area contributed by atoms with E-state index in [1.54, 1.807) is 38.0 Å². The molecule has 5 rings (SSSR count). The predicted octanol–water partition coefficient (Wildman–Crippen LogP) is 4.83. The number of carbonyl (C=O) groups excluding carboxylic acids is 4. The van der Waals surface area contributed by atoms with Crippen LogP contribution >= 0.6 is 0 Å². The fourth-order valence-corrected chi connectivity index (χ4v) is 7.33. The van der Waals surface area contributed by atoms with Crippen LogP contribution in [0.4, 0.5) is 0 Å². The molecule has 1 saturated carbocycles. The van der Waals surface area contributed by atoms with Crippen molar-refractivity contribution < 1.29 is 43.2 Å². The molecule has 1 heterocycles. The van der Waals surface area contributed by atoms with Gasteiger partial charge in [-0.05, 0) is 31.1 Å². The lowest BCUT2D eigenvalue weighted by atomic mass is 9.53. The second kappa shape index (κ2) is 13.9. The first-order chi connectivity index (χ1) is 21.9. The Morgan fingerprint density at radius 3 is 2.30 bits per heavy atom. The predicted molar refractivity (Wildman–Crippen MR) is 171 cm³/mol. The van der Waals surface area contributed by atoms with Gasteiger partial charge in [-0.15, -0.1) is 13.2 Å². The Balaban J connectivity index is 0.000000523. The summed E-state index contributed by atoms with van der Waals surface area (Å²) >= 11 is 0. The Labute approximate surface area is 270 Å². The molecule has 1 aliphatic heterocycles. The number of nitrogens with zero attached hydrogens (tertiary/aromatic N) is 1. The molecule has 0 bridgehead atoms. The maximum atomic E-state index is 14.0. The number of hydrogen-bond donors (Lipinski definition) is 1. The SMILES string of the molecule is C=CCN(/C=C1/C(=O)O[C@H](COC)[C@@]2(C)C1=C(O)C(=O)C1=C2[C@H](OC(C)=O)C[C@]2(C)C(=O)CC[C@@H]12)CC=C.COc1ccccc1. The minimum Gasteiger partial charge on any atom is -0.504 e. The lowest BCUT2D eigenvalue weighted by molar-refractivity contribution is -0.160. The second-order valence-electron chi connectivity index (χ2n) is 12.3. The number of esters is 2. The zero-order valence-corrected chi connectivity index (χ0v) is 27.2. The summed E-state index contributed by atoms with van der Waals surface area (Å²) < 4.78 is 22.0. The van der Waals surface area contributed by atoms with Crippen LogP contribution in [-0.2, 0) is 33.4 Å². The number of Topliss-reactive ketones (excluding diaryl/α,β-unsaturated/α-hetero) is 2. The quantitative estimate of drug-likeness (QED) is 0.229. The van der Waals surface area contributed by atoms with Crippen molar-refractivity contribution in [2.24, 2.45) is 16.7 Å². The molecule has 10 heteroatoms. The van der Waals surface area contributed by atoms with Gasteiger partial charge in [0.2, 0.25) is 5.78 Å². The minimum atomic E-state index is -1.27. The van der Waals surface area contributed by atoms with E-state index in [1.165, 1.54) is 20.2 Å². The molecule has 1 aromatic carbocycles. The van der Waals surface area contributed by atoms with Crippen LogP contribution in [0.1, 0.15) is 40.0 Å². The molecular weight excluding hydrogens is 590 g/mol. The summed E-state index contributed by atoms with van der Waals surface area (Å²) in [6.07, 6.45) is 3.89. The van der Waals surface area contributed by atoms with Crippen LogP contribution in [0.2, 0.25) is 0 Å². The van der Waals surface area contributed by atoms with Crippen LogP contribution in [0.5, 0.6) is 5.75 Å². The number of allylic oxidation sites excluding steroid dienone is 1. The molecule has 10 nitrogen and oxygen atoms in total. The van der Waals surface area contributed by atoms with Crippen LogP contribution in [0.3, 0.4) is 0 Å². The number of ketones is 2. The van der Waals surface area contributed by atoms with Gasteiger partial charge in [-0.3, -0.25) is 14.4 Å². The first-order valence-electron chi connectivity index (χ1n) is 15.3. The molecule has 46 heavy (non-hydrogen) atoms. The molecule has 0 spiro atoms. The van der Waals surface area contributed by atoms with Crippen molar-refractivity contribution in [3.63, 3.8) is 0 Å². The number of cyclic esters (lactones) is 1. The van der Waals surface area contributed by atoms with E-state index in [0.717, 1.165) is 5.75 Å². The number of rotatable bonds is 9. The van der Waals surface area contributed by atoms with Gasteiger partial charge in [-0.1, -0.05) is 37.3 Å². The topological polar surface area (TPSA) is 129 Å². The minimum absolute atomic E-state index is 0.00740. The standard InChI is InChI=1S/C29H35NO8.C7H8O/c1-7-11-30(12-8-2)14-17-23-26(34)25(33)22-18-9-10-20(32)28(18,4)13-19(37-16(3)31)24(22)29(23,5)21(15-36-6)38-27(17)35;1-8-7-5-3-2-4-6-7/h7-8,14,18-19,21,34H,1-2,9-13,15H2,3-6H3;2-6H,1H3/b17-14+;/t18-,19+,21+,28-,29-;/m0./s1. The van der Waals surface area contributed by atoms with E-state index < -0.39 is 52.4 Å². The third-order valence-electron chi connectivity index (χ3n) is 9.44. The molecule has 0 radical (unpaired) electrons. The number of aliphatic hydroxyl groups excluding tert-OH is 1. The van der Waals surface area contributed by atoms with Gasteiger partial charge in [0, 0.05) is 68.6 Å². The fourth-order valence-electron chi connectivity index (χ4n) is 7.33. The van der Waals surface area contributed by atoms with Gasteiger partial charge in [0.05, 0.1) is 24.7 Å². The highest BCUT2D eigenvalue weighted by atomic mass is 16.6. The van der Waals surface area contributed by atoms with Crippen LogP contribution in [0, 0.1) is 16.7 Å². The average Bonchev–Trinajstić information content (AvgIpc) is 3.31. The molecule has 1 saturated heterocycles. The van der Waals surface area contributed by atoms with Gasteiger partial charge >= 0.3 is 11.9 Å². The van der Waals surface area contributed by atoms with Crippen molar-refractivity contribution in [2.75, 3.05) is 33.9 Å². The average molecular weight is 634 g/mol. The smallest absolute Gasteiger partial charge is 0.340 e. The Morgan fingerprint density at radius 1 is 1.11 bits per heavy atom. The molecule has 2 fully saturated rings. The van der Waals surface area contributed by atoms with Gasteiger partial charge in [0.1, 0.15) is 23.7 Å². The largest absolute Gasteiger partial charge is 0.504 e. The summed E-state index contributed by atoms with van der Waals surface area (Å²) in [6.45, 7) is 13.0. The maximum absolute atomic E-state index is 14.0. The zero-order chi connectivity index (χ0) is 33.8. The molecule has 0 amide bonds. The van der Waals surface area contributed by atoms with E-state index >= 15 is 0 Å². The Hall–Kier alpha value is -4.44. The first kappa shape index (κ1) is 34.4. The first-order valence-corrected chi connectivity index (χ1v) is 15.3. The number of para-hydroxylation sites is 1. The summed E-state index contributed by atoms with van der Waals surface area (Å²) in [5.74, 6) is -2.08. The number of carbonyl (C=O) groups is 4. The van der Waals surface area contributed by atoms with Gasteiger partial charge < -0.3 is 29.0 Å². The Bertz CT molecular complexity index is 1500. The van der Waals surface area contributed by atoms with Crippen LogP contribution in [-0.4, -0.2) is 79.6 Å². The summed E-state index contributed by atoms with van der Waals surface area (Å²) in [4.78, 5) is 54.3. The monoisotopic (exact) mass is 633 g/mol. The van der Waals surface area contributed by atoms with E-state index in [1.807, 2.05) is 30.3 Å². The molecule has 1 N–H and O–H groups in total. The van der Waals surface area contributed by atoms with E-state index in [-0.39, 0.29) is 42.0 Å². The molecule has 0 aromatic heterocycles. The highest BCUT2D eigenvalue weighted by molar-refractivity contribution is 6.14. The van der Waals surface area contributed by atoms with E-state index in [0.29, 0.717) is 25.1 Å². The maximum Gasteiger partial charge on any atom is 0.340 e. The van der Waals surface area contributed by atoms with Gasteiger partial charge in [-0.25, -0.2) is 4.79 Å². The number of ether oxygens (including phenoxy) is 4. The number of fused-ring (bicyclic) bond motifs is 4. The van der Waals surface area contributed by atoms with Crippen LogP contribution in [0.15, 0.2) is 89.9 Å². The normalized spacial score (nSPS) is 29.1. The van der Waals surface area contributed by atoms with Crippen molar-refractivity contribution in [1.82, 2.24) is 4.90 Å². The molecule has 0 unspecified atom stereocenters. The fraction of sp³-hybridized carbons (Fsp3) is 0.444. The van der Waals surface area contributed by atoms with Crippen molar-refractivity contribution in [1.29, 1.82) is 0 Å². The lowest BCUT2D eigenvalue weighted by Gasteiger charge is -2.53. The number of hydrogen-bond acceptors (Lipinski definition) is 10. The van der Waals surface area contributed by atoms with E-state index in [2.05, 4.69) is 13.2 Å². The number of aliphatic hydroxyl groups is 1. The molecule has 1 aromatic rings. The van der Waals surface area contributed by atoms with Gasteiger partial charge in [0.15, 0.2) is 5.76 Å². The van der Waals surface area contributed by atoms with Gasteiger partial charge in [0.25, 0.3) is 0 Å². The van der Waals surface area contributed by atoms with Crippen LogP contribution < -0.4 is 4.74 Å². The van der Waals surface area contributed by atoms with Crippen molar-refractivity contribution >= 4 is 23.5 Å². The zero-order valence-electron chi connectivity index (χ0n) is 27.2. The third kappa shape index (κ3) is 6.06. The molecule has 5 atom stereocenters. The number of methoxy groups -OCH3 is 2. The third-order valence-corrected chi connectivity index (χ3v) is 9.44. The lowest BCUT2D eigenvalue weighted by Crippen LogP contribution is -2.57. The van der Waals surface area contributed by atoms with E-state index in [4.69, 9.17) is 18.9 Å². The van der Waals surface area contributed by atoms with Crippen molar-refractivity contribution in [3.8, 4) is 5.75 Å². The van der Waals surface area contributed by atoms with E-state index in [9.17, 15) is 24.3 Å². The molecule has 246 valence electrons. The molecule has 3 aliphatic carbocycles. The number of benzene rings is 1. The molecule has 4 aliphatic rings. The Kier molecular flexibility index (Phi) is 10.4. The summed E-state index contributed by atoms with van der Waals surface area (Å²) in [7, 11) is 3.12. The Morgan fingerprint density at radius 2 is 1.76 bits per heavy atom. The molecular formula is C36H43NO9. The van der Waals surface area contributed by atoms with Crippen LogP contribution in [0.25, 0.3) is 0 Å². The summed E-state index contributed by atoms with van der Waals surface area (Å²) in [6, 6.07) is 9.68.